The van der Waals surface area contributed by atoms with Crippen molar-refractivity contribution in [2.45, 2.75) is 47.2 Å². The van der Waals surface area contributed by atoms with Crippen LogP contribution in [0.25, 0.3) is 11.1 Å². The summed E-state index contributed by atoms with van der Waals surface area (Å²) in [5.74, 6) is -1.60. The maximum Gasteiger partial charge on any atom is 0.417 e. The molecule has 0 aliphatic carbocycles. The standard InChI is InChI=1S/C23H20F5N3.C2H6/c1-5-15-6-19(24)21(20(25)7-15)14(4)18-11-29-10-16(23(26,27)28)8-17(13(18)3)22-12(2)9-30-31-22;1-2/h6-11H,4-5H2,1-3H3,(H,30,31);1-2H3/b16-8?,16-10+,17-8+,17-13?,18-11?,18-13-,29-10?,29-11+;. The molecule has 1 aliphatic heterocycles. The van der Waals surface area contributed by atoms with E-state index in [-0.39, 0.29) is 22.3 Å². The van der Waals surface area contributed by atoms with Gasteiger partial charge in [-0.25, -0.2) is 8.78 Å². The Kier molecular flexibility index (Phi) is 8.30. The highest BCUT2D eigenvalue weighted by Crippen LogP contribution is 2.37. The molecular formula is C25H26F5N3. The molecule has 0 radical (unpaired) electrons. The van der Waals surface area contributed by atoms with Crippen molar-refractivity contribution in [1.29, 1.82) is 0 Å². The minimum atomic E-state index is -4.64. The summed E-state index contributed by atoms with van der Waals surface area (Å²) in [5, 5.41) is 6.58. The summed E-state index contributed by atoms with van der Waals surface area (Å²) in [6.07, 6.45) is 0.0183. The van der Waals surface area contributed by atoms with Gasteiger partial charge in [0.25, 0.3) is 0 Å². The smallest absolute Gasteiger partial charge is 0.278 e. The Balaban J connectivity index is 0.00000187. The van der Waals surface area contributed by atoms with Gasteiger partial charge in [-0.15, -0.1) is 0 Å². The van der Waals surface area contributed by atoms with Crippen LogP contribution in [-0.4, -0.2) is 22.6 Å². The van der Waals surface area contributed by atoms with E-state index in [4.69, 9.17) is 0 Å². The molecule has 0 bridgehead atoms. The molecule has 2 heterocycles. The lowest BCUT2D eigenvalue weighted by Gasteiger charge is -2.18. The normalized spacial score (nSPS) is 20.4. The zero-order chi connectivity index (χ0) is 24.9. The average Bonchev–Trinajstić information content (AvgIpc) is 3.16. The first kappa shape index (κ1) is 26.0. The van der Waals surface area contributed by atoms with Gasteiger partial charge >= 0.3 is 6.18 Å². The van der Waals surface area contributed by atoms with E-state index < -0.39 is 23.4 Å². The quantitative estimate of drug-likeness (QED) is 0.468. The van der Waals surface area contributed by atoms with Gasteiger partial charge in [0, 0.05) is 23.6 Å². The third-order valence-corrected chi connectivity index (χ3v) is 5.09. The number of nitrogens with zero attached hydrogens (tertiary/aromatic N) is 2. The first-order valence-corrected chi connectivity index (χ1v) is 10.5. The molecule has 0 saturated heterocycles. The third-order valence-electron chi connectivity index (χ3n) is 5.09. The number of aryl methyl sites for hydroxylation is 2. The number of allylic oxidation sites excluding steroid dienone is 6. The topological polar surface area (TPSA) is 41.0 Å². The molecule has 1 aliphatic rings. The van der Waals surface area contributed by atoms with Gasteiger partial charge in [0.1, 0.15) is 11.6 Å². The lowest BCUT2D eigenvalue weighted by atomic mass is 9.88. The molecule has 0 amide bonds. The molecule has 3 rings (SSSR count). The number of halogens is 5. The first-order chi connectivity index (χ1) is 15.5. The van der Waals surface area contributed by atoms with Gasteiger partial charge in [-0.1, -0.05) is 27.4 Å². The van der Waals surface area contributed by atoms with E-state index in [1.807, 2.05) is 13.8 Å². The molecule has 8 heteroatoms. The lowest BCUT2D eigenvalue weighted by molar-refractivity contribution is -0.0883. The van der Waals surface area contributed by atoms with Gasteiger partial charge in [-0.3, -0.25) is 10.1 Å². The summed E-state index contributed by atoms with van der Waals surface area (Å²) in [7, 11) is 0. The summed E-state index contributed by atoms with van der Waals surface area (Å²) in [6.45, 7) is 12.8. The second kappa shape index (κ2) is 10.6. The van der Waals surface area contributed by atoms with Crippen LogP contribution in [0.5, 0.6) is 0 Å². The number of rotatable bonds is 4. The highest BCUT2D eigenvalue weighted by molar-refractivity contribution is 6.05. The SMILES string of the molecule is C=C(C1=C(C)\C(c2[nH]ncc2C)=C/C(C(F)(F)F)=C\N=C\1)c1c(F)cc(CC)cc1F.CC. The fourth-order valence-electron chi connectivity index (χ4n) is 3.33. The molecule has 3 nitrogen and oxygen atoms in total. The number of hydrogen-bond donors (Lipinski definition) is 1. The zero-order valence-corrected chi connectivity index (χ0v) is 19.2. The van der Waals surface area contributed by atoms with Crippen LogP contribution in [-0.2, 0) is 6.42 Å². The Hall–Kier alpha value is -3.29. The van der Waals surface area contributed by atoms with E-state index in [0.717, 1.165) is 12.3 Å². The molecule has 2 aromatic rings. The van der Waals surface area contributed by atoms with E-state index in [9.17, 15) is 22.0 Å². The van der Waals surface area contributed by atoms with Crippen LogP contribution in [0.2, 0.25) is 0 Å². The van der Waals surface area contributed by atoms with Gasteiger partial charge in [0.05, 0.1) is 23.0 Å². The fourth-order valence-corrected chi connectivity index (χ4v) is 3.33. The van der Waals surface area contributed by atoms with Crippen molar-refractivity contribution in [3.8, 4) is 0 Å². The van der Waals surface area contributed by atoms with Crippen LogP contribution in [0.1, 0.15) is 50.1 Å². The Morgan fingerprint density at radius 1 is 1.09 bits per heavy atom. The molecule has 176 valence electrons. The maximum atomic E-state index is 14.7. The molecule has 33 heavy (non-hydrogen) atoms. The molecule has 0 fully saturated rings. The van der Waals surface area contributed by atoms with Crippen molar-refractivity contribution in [3.63, 3.8) is 0 Å². The van der Waals surface area contributed by atoms with E-state index in [1.165, 1.54) is 18.3 Å². The van der Waals surface area contributed by atoms with Crippen LogP contribution >= 0.6 is 0 Å². The van der Waals surface area contributed by atoms with E-state index in [2.05, 4.69) is 21.8 Å². The van der Waals surface area contributed by atoms with Gasteiger partial charge in [-0.05, 0) is 60.8 Å². The predicted molar refractivity (Wildman–Crippen MR) is 123 cm³/mol. The van der Waals surface area contributed by atoms with Crippen molar-refractivity contribution in [1.82, 2.24) is 10.2 Å². The predicted octanol–water partition coefficient (Wildman–Crippen LogP) is 7.53. The highest BCUT2D eigenvalue weighted by atomic mass is 19.4. The summed E-state index contributed by atoms with van der Waals surface area (Å²) in [4.78, 5) is 3.75. The molecule has 1 aromatic carbocycles. The van der Waals surface area contributed by atoms with E-state index >= 15 is 0 Å². The Bertz CT molecular complexity index is 1140. The second-order valence-corrected chi connectivity index (χ2v) is 7.15. The fraction of sp³-hybridized carbons (Fsp3) is 0.280. The van der Waals surface area contributed by atoms with Crippen LogP contribution in [0, 0.1) is 18.6 Å². The molecule has 1 N–H and O–H groups in total. The minimum Gasteiger partial charge on any atom is -0.278 e. The molecular weight excluding hydrogens is 437 g/mol. The van der Waals surface area contributed by atoms with Gasteiger partial charge in [0.15, 0.2) is 0 Å². The monoisotopic (exact) mass is 463 g/mol. The number of aromatic amines is 1. The first-order valence-electron chi connectivity index (χ1n) is 10.5. The van der Waals surface area contributed by atoms with Crippen molar-refractivity contribution in [2.75, 3.05) is 0 Å². The molecule has 0 spiro atoms. The van der Waals surface area contributed by atoms with Crippen molar-refractivity contribution in [3.05, 3.63) is 87.9 Å². The minimum absolute atomic E-state index is 0.0224. The summed E-state index contributed by atoms with van der Waals surface area (Å²) in [5.41, 5.74) is 0.803. The van der Waals surface area contributed by atoms with Crippen LogP contribution in [0.3, 0.4) is 0 Å². The number of benzene rings is 1. The third kappa shape index (κ3) is 5.56. The summed E-state index contributed by atoms with van der Waals surface area (Å²) in [6, 6.07) is 2.44. The van der Waals surface area contributed by atoms with Crippen LogP contribution in [0.15, 0.2) is 58.9 Å². The van der Waals surface area contributed by atoms with E-state index in [0.29, 0.717) is 35.0 Å². The number of alkyl halides is 3. The largest absolute Gasteiger partial charge is 0.417 e. The van der Waals surface area contributed by atoms with Gasteiger partial charge < -0.3 is 0 Å². The van der Waals surface area contributed by atoms with Crippen molar-refractivity contribution < 1.29 is 22.0 Å². The second-order valence-electron chi connectivity index (χ2n) is 7.15. The molecule has 1 aromatic heterocycles. The van der Waals surface area contributed by atoms with Gasteiger partial charge in [-0.2, -0.15) is 18.3 Å². The summed E-state index contributed by atoms with van der Waals surface area (Å²) < 4.78 is 69.8. The molecule has 0 saturated carbocycles. The lowest BCUT2D eigenvalue weighted by Crippen LogP contribution is -2.12. The Morgan fingerprint density at radius 3 is 2.18 bits per heavy atom. The van der Waals surface area contributed by atoms with Crippen LogP contribution < -0.4 is 0 Å². The average molecular weight is 463 g/mol. The van der Waals surface area contributed by atoms with Crippen molar-refractivity contribution >= 4 is 17.4 Å². The maximum absolute atomic E-state index is 14.7. The number of aromatic nitrogens is 2. The van der Waals surface area contributed by atoms with Crippen molar-refractivity contribution in [2.24, 2.45) is 4.99 Å². The van der Waals surface area contributed by atoms with Crippen LogP contribution in [0.4, 0.5) is 22.0 Å². The number of nitrogens with one attached hydrogen (secondary N) is 1. The molecule has 0 unspecified atom stereocenters. The Labute approximate surface area is 190 Å². The number of hydrogen-bond acceptors (Lipinski definition) is 2. The number of H-pyrrole nitrogens is 1. The Morgan fingerprint density at radius 2 is 1.70 bits per heavy atom. The van der Waals surface area contributed by atoms with Gasteiger partial charge in [0.2, 0.25) is 0 Å². The summed E-state index contributed by atoms with van der Waals surface area (Å²) >= 11 is 0. The number of aliphatic imine (C=N–C) groups is 1. The zero-order valence-electron chi connectivity index (χ0n) is 19.2. The highest BCUT2D eigenvalue weighted by Gasteiger charge is 2.34. The van der Waals surface area contributed by atoms with E-state index in [1.54, 1.807) is 20.8 Å². The molecule has 0 atom stereocenters.